The zero-order valence-electron chi connectivity index (χ0n) is 25.0. The third-order valence-corrected chi connectivity index (χ3v) is 9.24. The predicted molar refractivity (Wildman–Crippen MR) is 188 cm³/mol. The SMILES string of the molecule is Cc1cc2c(cc1-c1ccccc1C(C)c1ccccc1)c1ccccc1n2-c1ccc(-c2ccc3ccccc3c2)cc1. The van der Waals surface area contributed by atoms with Crippen molar-refractivity contribution in [3.05, 3.63) is 174 Å². The van der Waals surface area contributed by atoms with Crippen LogP contribution in [0.2, 0.25) is 0 Å². The topological polar surface area (TPSA) is 4.93 Å². The molecule has 0 radical (unpaired) electrons. The minimum Gasteiger partial charge on any atom is -0.309 e. The van der Waals surface area contributed by atoms with Crippen molar-refractivity contribution < 1.29 is 0 Å². The summed E-state index contributed by atoms with van der Waals surface area (Å²) in [6.07, 6.45) is 0. The summed E-state index contributed by atoms with van der Waals surface area (Å²) in [6, 6.07) is 57.6. The van der Waals surface area contributed by atoms with Gasteiger partial charge >= 0.3 is 0 Å². The van der Waals surface area contributed by atoms with E-state index in [1.165, 1.54) is 77.2 Å². The Kier molecular flexibility index (Phi) is 6.38. The Labute approximate surface area is 258 Å². The Morgan fingerprint density at radius 3 is 2.00 bits per heavy atom. The fourth-order valence-electron chi connectivity index (χ4n) is 6.90. The summed E-state index contributed by atoms with van der Waals surface area (Å²) in [7, 11) is 0. The van der Waals surface area contributed by atoms with Gasteiger partial charge in [0.1, 0.15) is 0 Å². The van der Waals surface area contributed by atoms with Crippen LogP contribution in [0.1, 0.15) is 29.5 Å². The predicted octanol–water partition coefficient (Wildman–Crippen LogP) is 11.7. The summed E-state index contributed by atoms with van der Waals surface area (Å²) in [4.78, 5) is 0. The smallest absolute Gasteiger partial charge is 0.0544 e. The number of aryl methyl sites for hydroxylation is 1. The Hall–Kier alpha value is -5.40. The van der Waals surface area contributed by atoms with Gasteiger partial charge in [0.2, 0.25) is 0 Å². The average molecular weight is 564 g/mol. The molecule has 0 saturated carbocycles. The molecule has 1 heterocycles. The van der Waals surface area contributed by atoms with Crippen LogP contribution in [-0.2, 0) is 0 Å². The van der Waals surface area contributed by atoms with Gasteiger partial charge in [-0.25, -0.2) is 0 Å². The summed E-state index contributed by atoms with van der Waals surface area (Å²) in [5, 5.41) is 5.09. The summed E-state index contributed by atoms with van der Waals surface area (Å²) in [5.41, 5.74) is 12.7. The molecule has 7 aromatic carbocycles. The fourth-order valence-corrected chi connectivity index (χ4v) is 6.90. The van der Waals surface area contributed by atoms with Crippen molar-refractivity contribution in [1.29, 1.82) is 0 Å². The maximum Gasteiger partial charge on any atom is 0.0544 e. The van der Waals surface area contributed by atoms with E-state index < -0.39 is 0 Å². The van der Waals surface area contributed by atoms with E-state index in [0.29, 0.717) is 5.92 Å². The lowest BCUT2D eigenvalue weighted by Gasteiger charge is -2.19. The van der Waals surface area contributed by atoms with Crippen LogP contribution < -0.4 is 0 Å². The molecule has 0 fully saturated rings. The average Bonchev–Trinajstić information content (AvgIpc) is 3.40. The molecule has 0 spiro atoms. The lowest BCUT2D eigenvalue weighted by Crippen LogP contribution is -2.00. The summed E-state index contributed by atoms with van der Waals surface area (Å²) >= 11 is 0. The standard InChI is InChI=1S/C43H33N/c1-29-26-43-41(28-40(29)38-17-9-8-16-37(38)30(2)31-12-4-3-5-13-31)39-18-10-11-19-42(39)44(43)36-24-22-33(23-25-36)35-21-20-32-14-6-7-15-34(32)27-35/h3-28,30H,1-2H3. The summed E-state index contributed by atoms with van der Waals surface area (Å²) < 4.78 is 2.42. The zero-order chi connectivity index (χ0) is 29.6. The molecule has 0 aliphatic rings. The molecule has 1 heteroatoms. The van der Waals surface area contributed by atoms with Crippen LogP contribution in [-0.4, -0.2) is 4.57 Å². The maximum absolute atomic E-state index is 2.42. The first kappa shape index (κ1) is 26.2. The van der Waals surface area contributed by atoms with Crippen LogP contribution in [0.15, 0.2) is 158 Å². The third kappa shape index (κ3) is 4.41. The number of aromatic nitrogens is 1. The molecule has 1 atom stereocenters. The van der Waals surface area contributed by atoms with E-state index in [-0.39, 0.29) is 0 Å². The molecular weight excluding hydrogens is 530 g/mol. The molecule has 1 aromatic heterocycles. The monoisotopic (exact) mass is 563 g/mol. The Balaban J connectivity index is 1.26. The van der Waals surface area contributed by atoms with Crippen LogP contribution in [0, 0.1) is 6.92 Å². The van der Waals surface area contributed by atoms with Crippen LogP contribution in [0.5, 0.6) is 0 Å². The second-order valence-electron chi connectivity index (χ2n) is 11.9. The van der Waals surface area contributed by atoms with Gasteiger partial charge in [0.25, 0.3) is 0 Å². The van der Waals surface area contributed by atoms with Crippen LogP contribution >= 0.6 is 0 Å². The molecule has 0 N–H and O–H groups in total. The van der Waals surface area contributed by atoms with E-state index in [4.69, 9.17) is 0 Å². The maximum atomic E-state index is 2.42. The zero-order valence-corrected chi connectivity index (χ0v) is 25.0. The van der Waals surface area contributed by atoms with Crippen LogP contribution in [0.3, 0.4) is 0 Å². The molecule has 1 nitrogen and oxygen atoms in total. The van der Waals surface area contributed by atoms with Gasteiger partial charge in [-0.2, -0.15) is 0 Å². The molecule has 8 aromatic rings. The van der Waals surface area contributed by atoms with E-state index in [9.17, 15) is 0 Å². The highest BCUT2D eigenvalue weighted by Crippen LogP contribution is 2.40. The Morgan fingerprint density at radius 1 is 0.477 bits per heavy atom. The highest BCUT2D eigenvalue weighted by Gasteiger charge is 2.18. The summed E-state index contributed by atoms with van der Waals surface area (Å²) in [5.74, 6) is 0.296. The molecule has 0 amide bonds. The highest BCUT2D eigenvalue weighted by atomic mass is 15.0. The Bertz CT molecular complexity index is 2290. The first-order chi connectivity index (χ1) is 21.7. The van der Waals surface area contributed by atoms with Gasteiger partial charge in [0.05, 0.1) is 11.0 Å². The van der Waals surface area contributed by atoms with Crippen molar-refractivity contribution in [2.75, 3.05) is 0 Å². The van der Waals surface area contributed by atoms with E-state index in [1.807, 2.05) is 0 Å². The molecule has 0 bridgehead atoms. The minimum atomic E-state index is 0.296. The van der Waals surface area contributed by atoms with Gasteiger partial charge in [-0.1, -0.05) is 128 Å². The van der Waals surface area contributed by atoms with Crippen molar-refractivity contribution in [2.45, 2.75) is 19.8 Å². The van der Waals surface area contributed by atoms with E-state index >= 15 is 0 Å². The lowest BCUT2D eigenvalue weighted by atomic mass is 9.85. The number of hydrogen-bond acceptors (Lipinski definition) is 0. The molecule has 0 aliphatic heterocycles. The summed E-state index contributed by atoms with van der Waals surface area (Å²) in [6.45, 7) is 4.57. The van der Waals surface area contributed by atoms with Crippen molar-refractivity contribution >= 4 is 32.6 Å². The number of rotatable bonds is 5. The van der Waals surface area contributed by atoms with Crippen molar-refractivity contribution in [3.8, 4) is 27.9 Å². The second-order valence-corrected chi connectivity index (χ2v) is 11.9. The van der Waals surface area contributed by atoms with Crippen molar-refractivity contribution in [2.24, 2.45) is 0 Å². The van der Waals surface area contributed by atoms with E-state index in [1.54, 1.807) is 0 Å². The molecule has 0 aliphatic carbocycles. The van der Waals surface area contributed by atoms with Gasteiger partial charge in [-0.3, -0.25) is 0 Å². The molecule has 8 rings (SSSR count). The largest absolute Gasteiger partial charge is 0.309 e. The molecule has 1 unspecified atom stereocenters. The highest BCUT2D eigenvalue weighted by molar-refractivity contribution is 6.11. The first-order valence-electron chi connectivity index (χ1n) is 15.4. The van der Waals surface area contributed by atoms with Gasteiger partial charge in [0.15, 0.2) is 0 Å². The number of fused-ring (bicyclic) bond motifs is 4. The first-order valence-corrected chi connectivity index (χ1v) is 15.4. The van der Waals surface area contributed by atoms with Gasteiger partial charge in [0, 0.05) is 22.4 Å². The third-order valence-electron chi connectivity index (χ3n) is 9.24. The van der Waals surface area contributed by atoms with Crippen molar-refractivity contribution in [3.63, 3.8) is 0 Å². The molecule has 44 heavy (non-hydrogen) atoms. The lowest BCUT2D eigenvalue weighted by molar-refractivity contribution is 0.924. The van der Waals surface area contributed by atoms with Gasteiger partial charge in [-0.15, -0.1) is 0 Å². The second kappa shape index (κ2) is 10.7. The Morgan fingerprint density at radius 2 is 1.16 bits per heavy atom. The molecular formula is C43H33N. The molecule has 210 valence electrons. The quantitative estimate of drug-likeness (QED) is 0.196. The normalized spacial score (nSPS) is 12.2. The number of para-hydroxylation sites is 1. The van der Waals surface area contributed by atoms with E-state index in [2.05, 4.69) is 176 Å². The molecule has 0 saturated heterocycles. The van der Waals surface area contributed by atoms with Gasteiger partial charge in [-0.05, 0) is 93.0 Å². The minimum absolute atomic E-state index is 0.296. The fraction of sp³-hybridized carbons (Fsp3) is 0.0698. The van der Waals surface area contributed by atoms with Crippen molar-refractivity contribution in [1.82, 2.24) is 4.57 Å². The van der Waals surface area contributed by atoms with Crippen LogP contribution in [0.4, 0.5) is 0 Å². The van der Waals surface area contributed by atoms with Gasteiger partial charge < -0.3 is 4.57 Å². The van der Waals surface area contributed by atoms with Crippen LogP contribution in [0.25, 0.3) is 60.5 Å². The number of hydrogen-bond donors (Lipinski definition) is 0. The van der Waals surface area contributed by atoms with E-state index in [0.717, 1.165) is 0 Å². The number of nitrogens with zero attached hydrogens (tertiary/aromatic N) is 1. The number of benzene rings is 7.